The van der Waals surface area contributed by atoms with Gasteiger partial charge in [0, 0.05) is 0 Å². The topological polar surface area (TPSA) is 44.8 Å². The molecule has 11 heteroatoms. The molecule has 0 N–H and O–H groups in total. The molecule has 108 valence electrons. The molecule has 0 heterocycles. The lowest BCUT2D eigenvalue weighted by Crippen LogP contribution is -2.20. The second-order valence-corrected chi connectivity index (χ2v) is 4.42. The second kappa shape index (κ2) is 6.44. The first-order valence-corrected chi connectivity index (χ1v) is 5.76. The van der Waals surface area contributed by atoms with E-state index in [1.807, 2.05) is 0 Å². The van der Waals surface area contributed by atoms with E-state index < -0.39 is 33.4 Å². The number of rotatable bonds is 6. The molecule has 4 nitrogen and oxygen atoms in total. The number of halogens is 6. The number of alkyl halides is 6. The van der Waals surface area contributed by atoms with E-state index in [1.54, 1.807) is 0 Å². The Hall–Kier alpha value is -0.730. The first kappa shape index (κ1) is 17.3. The molecular formula is C7H9F6O4P. The Morgan fingerprint density at radius 1 is 1.00 bits per heavy atom. The molecule has 18 heavy (non-hydrogen) atoms. The van der Waals surface area contributed by atoms with E-state index >= 15 is 0 Å². The molecular weight excluding hydrogens is 293 g/mol. The fourth-order valence-corrected chi connectivity index (χ4v) is 1.61. The van der Waals surface area contributed by atoms with Gasteiger partial charge in [0.2, 0.25) is 0 Å². The highest BCUT2D eigenvalue weighted by Gasteiger charge is 2.39. The van der Waals surface area contributed by atoms with E-state index in [0.717, 1.165) is 6.08 Å². The Morgan fingerprint density at radius 3 is 1.67 bits per heavy atom. The molecule has 0 rings (SSSR count). The summed E-state index contributed by atoms with van der Waals surface area (Å²) in [5, 5.41) is 0. The van der Waals surface area contributed by atoms with Gasteiger partial charge in [0.25, 0.3) is 0 Å². The van der Waals surface area contributed by atoms with Gasteiger partial charge in [-0.1, -0.05) is 6.08 Å². The lowest BCUT2D eigenvalue weighted by atomic mass is 10.7. The summed E-state index contributed by atoms with van der Waals surface area (Å²) >= 11 is 0. The first-order chi connectivity index (χ1) is 7.97. The van der Waals surface area contributed by atoms with Crippen molar-refractivity contribution in [3.05, 3.63) is 12.3 Å². The Kier molecular flexibility index (Phi) is 6.18. The summed E-state index contributed by atoms with van der Waals surface area (Å²) in [6, 6.07) is 0. The third-order valence-electron chi connectivity index (χ3n) is 1.10. The summed E-state index contributed by atoms with van der Waals surface area (Å²) < 4.78 is 93.6. The number of phosphoric acid groups is 1. The van der Waals surface area contributed by atoms with E-state index in [1.165, 1.54) is 6.92 Å². The summed E-state index contributed by atoms with van der Waals surface area (Å²) in [6.45, 7) is -2.78. The molecule has 0 aliphatic heterocycles. The van der Waals surface area contributed by atoms with E-state index in [0.29, 0.717) is 6.26 Å². The molecule has 0 spiro atoms. The van der Waals surface area contributed by atoms with Crippen LogP contribution < -0.4 is 0 Å². The lowest BCUT2D eigenvalue weighted by Gasteiger charge is -2.18. The van der Waals surface area contributed by atoms with Crippen LogP contribution in [-0.2, 0) is 18.1 Å². The van der Waals surface area contributed by atoms with Crippen molar-refractivity contribution >= 4 is 7.82 Å². The van der Waals surface area contributed by atoms with Crippen molar-refractivity contribution in [1.29, 1.82) is 0 Å². The lowest BCUT2D eigenvalue weighted by molar-refractivity contribution is -0.169. The highest BCUT2D eigenvalue weighted by molar-refractivity contribution is 7.48. The zero-order valence-electron chi connectivity index (χ0n) is 8.92. The minimum Gasteiger partial charge on any atom is -0.412 e. The van der Waals surface area contributed by atoms with Gasteiger partial charge in [-0.2, -0.15) is 26.3 Å². The van der Waals surface area contributed by atoms with Crippen LogP contribution in [0.4, 0.5) is 26.3 Å². The van der Waals surface area contributed by atoms with Crippen molar-refractivity contribution < 1.29 is 44.5 Å². The van der Waals surface area contributed by atoms with Crippen LogP contribution in [0.5, 0.6) is 0 Å². The monoisotopic (exact) mass is 302 g/mol. The van der Waals surface area contributed by atoms with E-state index in [2.05, 4.69) is 13.6 Å². The average Bonchev–Trinajstić information content (AvgIpc) is 2.19. The van der Waals surface area contributed by atoms with Crippen molar-refractivity contribution in [3.8, 4) is 0 Å². The fraction of sp³-hybridized carbons (Fsp3) is 0.714. The first-order valence-electron chi connectivity index (χ1n) is 4.30. The molecule has 0 atom stereocenters. The maximum atomic E-state index is 11.8. The smallest absolute Gasteiger partial charge is 0.412 e. The molecule has 0 saturated carbocycles. The molecule has 0 aromatic rings. The van der Waals surface area contributed by atoms with E-state index in [4.69, 9.17) is 0 Å². The highest BCUT2D eigenvalue weighted by Crippen LogP contribution is 2.51. The van der Waals surface area contributed by atoms with Gasteiger partial charge in [-0.25, -0.2) is 4.57 Å². The van der Waals surface area contributed by atoms with Crippen LogP contribution in [0, 0.1) is 0 Å². The molecule has 0 unspecified atom stereocenters. The van der Waals surface area contributed by atoms with Crippen molar-refractivity contribution in [2.45, 2.75) is 19.3 Å². The number of allylic oxidation sites excluding steroid dienone is 1. The molecule has 0 aliphatic rings. The second-order valence-electron chi connectivity index (χ2n) is 2.80. The van der Waals surface area contributed by atoms with Crippen molar-refractivity contribution in [1.82, 2.24) is 0 Å². The summed E-state index contributed by atoms with van der Waals surface area (Å²) in [5.41, 5.74) is 0. The third kappa shape index (κ3) is 9.32. The molecule has 0 amide bonds. The summed E-state index contributed by atoms with van der Waals surface area (Å²) in [4.78, 5) is 0. The van der Waals surface area contributed by atoms with Gasteiger partial charge in [0.1, 0.15) is 0 Å². The minimum absolute atomic E-state index is 0.605. The molecule has 0 saturated heterocycles. The molecule has 0 aliphatic carbocycles. The number of hydrogen-bond donors (Lipinski definition) is 0. The Balaban J connectivity index is 4.58. The average molecular weight is 302 g/mol. The zero-order chi connectivity index (χ0) is 14.4. The van der Waals surface area contributed by atoms with Crippen LogP contribution in [0.25, 0.3) is 0 Å². The van der Waals surface area contributed by atoms with E-state index in [9.17, 15) is 30.9 Å². The zero-order valence-corrected chi connectivity index (χ0v) is 9.81. The number of hydrogen-bond acceptors (Lipinski definition) is 4. The Labute approximate surface area is 98.1 Å². The van der Waals surface area contributed by atoms with Gasteiger partial charge in [-0.15, -0.1) is 0 Å². The summed E-state index contributed by atoms with van der Waals surface area (Å²) in [5.74, 6) is 0. The molecule has 0 aromatic carbocycles. The van der Waals surface area contributed by atoms with Gasteiger partial charge < -0.3 is 4.52 Å². The van der Waals surface area contributed by atoms with Crippen LogP contribution in [0.3, 0.4) is 0 Å². The number of phosphoric ester groups is 1. The Bertz CT molecular complexity index is 301. The van der Waals surface area contributed by atoms with Crippen molar-refractivity contribution in [2.24, 2.45) is 0 Å². The standard InChI is InChI=1S/C7H9F6O4P/c1-2-3-15-18(14,16-4-6(8,9)10)17-5-7(11,12)13/h2-3H,4-5H2,1H3. The van der Waals surface area contributed by atoms with Gasteiger partial charge in [-0.05, 0) is 6.92 Å². The maximum Gasteiger partial charge on any atom is 0.530 e. The van der Waals surface area contributed by atoms with Gasteiger partial charge in [0.05, 0.1) is 6.26 Å². The fourth-order valence-electron chi connectivity index (χ4n) is 0.538. The minimum atomic E-state index is -4.96. The molecule has 0 aromatic heterocycles. The highest BCUT2D eigenvalue weighted by atomic mass is 31.2. The summed E-state index contributed by atoms with van der Waals surface area (Å²) in [6.07, 6.45) is -8.07. The SMILES string of the molecule is CC=COP(=O)(OCC(F)(F)F)OCC(F)(F)F. The Morgan fingerprint density at radius 2 is 1.39 bits per heavy atom. The largest absolute Gasteiger partial charge is 0.530 e. The van der Waals surface area contributed by atoms with Crippen LogP contribution in [-0.4, -0.2) is 25.6 Å². The van der Waals surface area contributed by atoms with Gasteiger partial charge >= 0.3 is 20.2 Å². The van der Waals surface area contributed by atoms with Crippen molar-refractivity contribution in [2.75, 3.05) is 13.2 Å². The quantitative estimate of drug-likeness (QED) is 0.425. The molecule has 0 radical (unpaired) electrons. The van der Waals surface area contributed by atoms with Crippen molar-refractivity contribution in [3.63, 3.8) is 0 Å². The van der Waals surface area contributed by atoms with Gasteiger partial charge in [-0.3, -0.25) is 9.05 Å². The predicted molar refractivity (Wildman–Crippen MR) is 47.5 cm³/mol. The predicted octanol–water partition coefficient (Wildman–Crippen LogP) is 3.80. The van der Waals surface area contributed by atoms with E-state index in [-0.39, 0.29) is 0 Å². The summed E-state index contributed by atoms with van der Waals surface area (Å²) in [7, 11) is -4.96. The molecule has 0 bridgehead atoms. The third-order valence-corrected chi connectivity index (χ3v) is 2.37. The maximum absolute atomic E-state index is 11.8. The van der Waals surface area contributed by atoms with Crippen LogP contribution >= 0.6 is 7.82 Å². The van der Waals surface area contributed by atoms with Gasteiger partial charge in [0.15, 0.2) is 13.2 Å². The van der Waals surface area contributed by atoms with Crippen LogP contribution in [0.15, 0.2) is 12.3 Å². The van der Waals surface area contributed by atoms with Crippen LogP contribution in [0.2, 0.25) is 0 Å². The molecule has 0 fully saturated rings. The normalized spacial score (nSPS) is 14.2. The van der Waals surface area contributed by atoms with Crippen LogP contribution in [0.1, 0.15) is 6.92 Å².